The van der Waals surface area contributed by atoms with Gasteiger partial charge in [-0.1, -0.05) is 34.1 Å². The molecule has 0 fully saturated rings. The second-order valence-corrected chi connectivity index (χ2v) is 6.56. The maximum Gasteiger partial charge on any atom is 0.123 e. The molecule has 0 spiro atoms. The first-order chi connectivity index (χ1) is 9.90. The standard InChI is InChI=1S/C19H23BrO/c1-11-12(2)14(4)18(15(5)13(11)3)19(20)16-9-7-8-10-17(16)21-6/h7-10,19H,1-6H3. The molecule has 0 aliphatic carbocycles. The van der Waals surface area contributed by atoms with E-state index in [9.17, 15) is 0 Å². The molecular formula is C19H23BrO. The highest BCUT2D eigenvalue weighted by Crippen LogP contribution is 2.41. The van der Waals surface area contributed by atoms with Gasteiger partial charge in [-0.15, -0.1) is 0 Å². The Kier molecular flexibility index (Phi) is 4.77. The van der Waals surface area contributed by atoms with E-state index in [-0.39, 0.29) is 4.83 Å². The lowest BCUT2D eigenvalue weighted by molar-refractivity contribution is 0.410. The van der Waals surface area contributed by atoms with Gasteiger partial charge in [-0.2, -0.15) is 0 Å². The summed E-state index contributed by atoms with van der Waals surface area (Å²) in [6.45, 7) is 11.1. The van der Waals surface area contributed by atoms with Gasteiger partial charge in [0.05, 0.1) is 11.9 Å². The van der Waals surface area contributed by atoms with Crippen molar-refractivity contribution in [3.8, 4) is 5.75 Å². The molecule has 0 aliphatic rings. The van der Waals surface area contributed by atoms with E-state index in [1.54, 1.807) is 7.11 Å². The van der Waals surface area contributed by atoms with Gasteiger partial charge in [0, 0.05) is 5.56 Å². The Morgan fingerprint density at radius 3 is 1.81 bits per heavy atom. The van der Waals surface area contributed by atoms with Crippen LogP contribution < -0.4 is 4.74 Å². The fourth-order valence-corrected chi connectivity index (χ4v) is 4.01. The number of para-hydroxylation sites is 1. The zero-order valence-corrected chi connectivity index (χ0v) is 15.3. The van der Waals surface area contributed by atoms with Crippen molar-refractivity contribution >= 4 is 15.9 Å². The van der Waals surface area contributed by atoms with Crippen molar-refractivity contribution in [1.29, 1.82) is 0 Å². The van der Waals surface area contributed by atoms with Crippen LogP contribution in [0.1, 0.15) is 43.8 Å². The second kappa shape index (κ2) is 6.23. The molecule has 112 valence electrons. The Hall–Kier alpha value is -1.28. The number of halogens is 1. The third kappa shape index (κ3) is 2.74. The van der Waals surface area contributed by atoms with Crippen LogP contribution in [0.25, 0.3) is 0 Å². The van der Waals surface area contributed by atoms with Gasteiger partial charge in [0.15, 0.2) is 0 Å². The van der Waals surface area contributed by atoms with Gasteiger partial charge in [-0.25, -0.2) is 0 Å². The van der Waals surface area contributed by atoms with Crippen LogP contribution in [0.5, 0.6) is 5.75 Å². The summed E-state index contributed by atoms with van der Waals surface area (Å²) in [5.74, 6) is 0.925. The van der Waals surface area contributed by atoms with Gasteiger partial charge in [0.25, 0.3) is 0 Å². The molecular weight excluding hydrogens is 324 g/mol. The van der Waals surface area contributed by atoms with Crippen LogP contribution in [0.15, 0.2) is 24.3 Å². The summed E-state index contributed by atoms with van der Waals surface area (Å²) in [5.41, 5.74) is 9.43. The van der Waals surface area contributed by atoms with Crippen LogP contribution in [0.3, 0.4) is 0 Å². The van der Waals surface area contributed by atoms with E-state index in [4.69, 9.17) is 4.74 Å². The van der Waals surface area contributed by atoms with Gasteiger partial charge in [-0.05, 0) is 74.1 Å². The summed E-state index contributed by atoms with van der Waals surface area (Å²) >= 11 is 3.90. The third-order valence-electron chi connectivity index (χ3n) is 4.72. The highest BCUT2D eigenvalue weighted by molar-refractivity contribution is 9.09. The zero-order chi connectivity index (χ0) is 15.7. The molecule has 0 amide bonds. The summed E-state index contributed by atoms with van der Waals surface area (Å²) in [6, 6.07) is 8.21. The van der Waals surface area contributed by atoms with Gasteiger partial charge in [0.1, 0.15) is 5.75 Å². The lowest BCUT2D eigenvalue weighted by Gasteiger charge is -2.23. The average molecular weight is 347 g/mol. The van der Waals surface area contributed by atoms with Crippen molar-refractivity contribution in [1.82, 2.24) is 0 Å². The summed E-state index contributed by atoms with van der Waals surface area (Å²) in [6.07, 6.45) is 0. The lowest BCUT2D eigenvalue weighted by atomic mass is 9.86. The van der Waals surface area contributed by atoms with Crippen molar-refractivity contribution in [3.05, 3.63) is 63.2 Å². The van der Waals surface area contributed by atoms with Gasteiger partial charge >= 0.3 is 0 Å². The molecule has 2 aromatic carbocycles. The molecule has 21 heavy (non-hydrogen) atoms. The van der Waals surface area contributed by atoms with Crippen LogP contribution >= 0.6 is 15.9 Å². The van der Waals surface area contributed by atoms with Crippen molar-refractivity contribution < 1.29 is 4.74 Å². The number of alkyl halides is 1. The second-order valence-electron chi connectivity index (χ2n) is 5.64. The minimum atomic E-state index is 0.145. The number of hydrogen-bond acceptors (Lipinski definition) is 1. The number of methoxy groups -OCH3 is 1. The van der Waals surface area contributed by atoms with E-state index in [0.717, 1.165) is 5.75 Å². The molecule has 1 atom stereocenters. The van der Waals surface area contributed by atoms with E-state index >= 15 is 0 Å². The molecule has 0 saturated carbocycles. The zero-order valence-electron chi connectivity index (χ0n) is 13.7. The van der Waals surface area contributed by atoms with E-state index in [2.05, 4.69) is 62.7 Å². The molecule has 0 N–H and O–H groups in total. The molecule has 1 unspecified atom stereocenters. The molecule has 2 aromatic rings. The normalized spacial score (nSPS) is 12.3. The Balaban J connectivity index is 2.67. The first-order valence-corrected chi connectivity index (χ1v) is 8.15. The highest BCUT2D eigenvalue weighted by Gasteiger charge is 2.21. The monoisotopic (exact) mass is 346 g/mol. The Morgan fingerprint density at radius 1 is 0.810 bits per heavy atom. The molecule has 0 aromatic heterocycles. The first kappa shape index (κ1) is 16.1. The largest absolute Gasteiger partial charge is 0.496 e. The lowest BCUT2D eigenvalue weighted by Crippen LogP contribution is -2.06. The van der Waals surface area contributed by atoms with E-state index in [1.807, 2.05) is 12.1 Å². The average Bonchev–Trinajstić information content (AvgIpc) is 2.51. The SMILES string of the molecule is COc1ccccc1C(Br)c1c(C)c(C)c(C)c(C)c1C. The van der Waals surface area contributed by atoms with Gasteiger partial charge in [-0.3, -0.25) is 0 Å². The van der Waals surface area contributed by atoms with Crippen molar-refractivity contribution in [2.75, 3.05) is 7.11 Å². The topological polar surface area (TPSA) is 9.23 Å². The van der Waals surface area contributed by atoms with Crippen LogP contribution in [-0.2, 0) is 0 Å². The number of ether oxygens (including phenoxy) is 1. The molecule has 0 bridgehead atoms. The summed E-state index contributed by atoms with van der Waals surface area (Å²) < 4.78 is 5.52. The molecule has 2 heteroatoms. The fraction of sp³-hybridized carbons (Fsp3) is 0.368. The van der Waals surface area contributed by atoms with Crippen molar-refractivity contribution in [2.45, 2.75) is 39.4 Å². The van der Waals surface area contributed by atoms with E-state index < -0.39 is 0 Å². The number of benzene rings is 2. The Morgan fingerprint density at radius 2 is 1.29 bits per heavy atom. The maximum atomic E-state index is 5.52. The highest BCUT2D eigenvalue weighted by atomic mass is 79.9. The summed E-state index contributed by atoms with van der Waals surface area (Å²) in [7, 11) is 1.73. The predicted octanol–water partition coefficient (Wildman–Crippen LogP) is 5.72. The fourth-order valence-electron chi connectivity index (χ4n) is 2.94. The minimum absolute atomic E-state index is 0.145. The van der Waals surface area contributed by atoms with Gasteiger partial charge < -0.3 is 4.74 Å². The first-order valence-electron chi connectivity index (χ1n) is 7.24. The van der Waals surface area contributed by atoms with Crippen LogP contribution in [0.4, 0.5) is 0 Å². The predicted molar refractivity (Wildman–Crippen MR) is 93.9 cm³/mol. The maximum absolute atomic E-state index is 5.52. The molecule has 1 nitrogen and oxygen atoms in total. The molecule has 0 saturated heterocycles. The minimum Gasteiger partial charge on any atom is -0.496 e. The van der Waals surface area contributed by atoms with E-state index in [0.29, 0.717) is 0 Å². The van der Waals surface area contributed by atoms with Crippen molar-refractivity contribution in [3.63, 3.8) is 0 Å². The molecule has 0 heterocycles. The Bertz CT molecular complexity index is 645. The smallest absolute Gasteiger partial charge is 0.123 e. The number of hydrogen-bond donors (Lipinski definition) is 0. The van der Waals surface area contributed by atoms with E-state index in [1.165, 1.54) is 38.9 Å². The van der Waals surface area contributed by atoms with Crippen molar-refractivity contribution in [2.24, 2.45) is 0 Å². The quantitative estimate of drug-likeness (QED) is 0.645. The molecule has 0 aliphatic heterocycles. The van der Waals surface area contributed by atoms with Crippen LogP contribution in [0.2, 0.25) is 0 Å². The molecule has 2 rings (SSSR count). The van der Waals surface area contributed by atoms with Crippen LogP contribution in [-0.4, -0.2) is 7.11 Å². The summed E-state index contributed by atoms with van der Waals surface area (Å²) in [5, 5.41) is 0. The Labute approximate surface area is 136 Å². The van der Waals surface area contributed by atoms with Crippen LogP contribution in [0, 0.1) is 34.6 Å². The third-order valence-corrected chi connectivity index (χ3v) is 5.67. The van der Waals surface area contributed by atoms with Gasteiger partial charge in [0.2, 0.25) is 0 Å². The molecule has 0 radical (unpaired) electrons. The summed E-state index contributed by atoms with van der Waals surface area (Å²) in [4.78, 5) is 0.145. The number of rotatable bonds is 3.